The number of halogens is 1. The summed E-state index contributed by atoms with van der Waals surface area (Å²) in [6.07, 6.45) is -0.184. The highest BCUT2D eigenvalue weighted by Crippen LogP contribution is 2.16. The molecule has 1 rings (SSSR count). The highest BCUT2D eigenvalue weighted by Gasteiger charge is 2.05. The van der Waals surface area contributed by atoms with Gasteiger partial charge >= 0.3 is 0 Å². The zero-order valence-electron chi connectivity index (χ0n) is 10.5. The van der Waals surface area contributed by atoms with Crippen molar-refractivity contribution in [1.82, 2.24) is 5.32 Å². The van der Waals surface area contributed by atoms with E-state index in [1.807, 2.05) is 24.3 Å². The largest absolute Gasteiger partial charge is 0.491 e. The maximum Gasteiger partial charge on any atom is 0.119 e. The van der Waals surface area contributed by atoms with Gasteiger partial charge in [-0.3, -0.25) is 0 Å². The molecule has 5 heteroatoms. The van der Waals surface area contributed by atoms with Gasteiger partial charge in [-0.15, -0.1) is 0 Å². The summed E-state index contributed by atoms with van der Waals surface area (Å²) in [5, 5.41) is 21.8. The molecule has 18 heavy (non-hydrogen) atoms. The average molecular weight is 318 g/mol. The van der Waals surface area contributed by atoms with Crippen LogP contribution in [-0.4, -0.2) is 42.1 Å². The second-order valence-electron chi connectivity index (χ2n) is 4.26. The van der Waals surface area contributed by atoms with Crippen LogP contribution in [0.25, 0.3) is 0 Å². The normalized spacial score (nSPS) is 14.2. The Kier molecular flexibility index (Phi) is 7.27. The molecule has 2 atom stereocenters. The van der Waals surface area contributed by atoms with Crippen molar-refractivity contribution in [2.24, 2.45) is 0 Å². The van der Waals surface area contributed by atoms with E-state index in [4.69, 9.17) is 9.84 Å². The van der Waals surface area contributed by atoms with E-state index < -0.39 is 6.10 Å². The molecule has 1 aromatic rings. The molecule has 0 aliphatic rings. The zero-order chi connectivity index (χ0) is 13.4. The Hall–Kier alpha value is -0.620. The summed E-state index contributed by atoms with van der Waals surface area (Å²) in [6, 6.07) is 7.47. The van der Waals surface area contributed by atoms with Crippen molar-refractivity contribution in [2.45, 2.75) is 25.6 Å². The highest BCUT2D eigenvalue weighted by atomic mass is 79.9. The molecule has 2 unspecified atom stereocenters. The van der Waals surface area contributed by atoms with Gasteiger partial charge < -0.3 is 20.3 Å². The number of aliphatic hydroxyl groups is 2. The van der Waals surface area contributed by atoms with Gasteiger partial charge in [0, 0.05) is 11.0 Å². The summed E-state index contributed by atoms with van der Waals surface area (Å²) in [5.41, 5.74) is 0. The predicted molar refractivity (Wildman–Crippen MR) is 74.8 cm³/mol. The molecule has 0 heterocycles. The fourth-order valence-corrected chi connectivity index (χ4v) is 1.63. The van der Waals surface area contributed by atoms with Gasteiger partial charge in [0.05, 0.1) is 6.10 Å². The summed E-state index contributed by atoms with van der Waals surface area (Å²) < 4.78 is 6.44. The minimum absolute atomic E-state index is 0.253. The minimum Gasteiger partial charge on any atom is -0.491 e. The van der Waals surface area contributed by atoms with Gasteiger partial charge in [-0.05, 0) is 44.2 Å². The molecule has 1 aromatic carbocycles. The number of hydrogen-bond donors (Lipinski definition) is 3. The van der Waals surface area contributed by atoms with Crippen molar-refractivity contribution in [3.8, 4) is 5.75 Å². The second kappa shape index (κ2) is 8.48. The first-order valence-corrected chi connectivity index (χ1v) is 6.82. The van der Waals surface area contributed by atoms with Gasteiger partial charge in [-0.25, -0.2) is 0 Å². The molecule has 0 amide bonds. The Morgan fingerprint density at radius 1 is 1.28 bits per heavy atom. The van der Waals surface area contributed by atoms with E-state index in [2.05, 4.69) is 21.2 Å². The lowest BCUT2D eigenvalue weighted by Gasteiger charge is -2.13. The lowest BCUT2D eigenvalue weighted by molar-refractivity contribution is 0.104. The van der Waals surface area contributed by atoms with Crippen LogP contribution in [0.5, 0.6) is 5.75 Å². The van der Waals surface area contributed by atoms with E-state index in [0.29, 0.717) is 19.5 Å². The van der Waals surface area contributed by atoms with Crippen LogP contribution in [0.2, 0.25) is 0 Å². The minimum atomic E-state index is -0.553. The van der Waals surface area contributed by atoms with Crippen LogP contribution in [0.3, 0.4) is 0 Å². The Morgan fingerprint density at radius 2 is 1.94 bits per heavy atom. The maximum atomic E-state index is 9.67. The maximum absolute atomic E-state index is 9.67. The molecule has 0 fully saturated rings. The summed E-state index contributed by atoms with van der Waals surface area (Å²) in [7, 11) is 0. The van der Waals surface area contributed by atoms with E-state index in [-0.39, 0.29) is 12.7 Å². The number of ether oxygens (including phenoxy) is 1. The zero-order valence-corrected chi connectivity index (χ0v) is 12.1. The lowest BCUT2D eigenvalue weighted by Crippen LogP contribution is -2.32. The number of aliphatic hydroxyl groups excluding tert-OH is 2. The quantitative estimate of drug-likeness (QED) is 0.637. The average Bonchev–Trinajstić information content (AvgIpc) is 2.34. The molecule has 0 aromatic heterocycles. The summed E-state index contributed by atoms with van der Waals surface area (Å²) in [6.45, 7) is 3.15. The van der Waals surface area contributed by atoms with Gasteiger partial charge in [-0.1, -0.05) is 15.9 Å². The van der Waals surface area contributed by atoms with Gasteiger partial charge in [0.2, 0.25) is 0 Å². The second-order valence-corrected chi connectivity index (χ2v) is 5.18. The highest BCUT2D eigenvalue weighted by molar-refractivity contribution is 9.10. The number of rotatable bonds is 8. The van der Waals surface area contributed by atoms with E-state index in [0.717, 1.165) is 10.2 Å². The number of nitrogens with one attached hydrogen (secondary N) is 1. The standard InChI is InChI=1S/C13H20BrNO3/c1-10(16)6-7-15-8-12(17)9-18-13-4-2-11(14)3-5-13/h2-5,10,12,15-17H,6-9H2,1H3. The van der Waals surface area contributed by atoms with E-state index >= 15 is 0 Å². The Labute approximate surface area is 116 Å². The number of benzene rings is 1. The van der Waals surface area contributed by atoms with Crippen molar-refractivity contribution in [2.75, 3.05) is 19.7 Å². The summed E-state index contributed by atoms with van der Waals surface area (Å²) in [4.78, 5) is 0. The SMILES string of the molecule is CC(O)CCNCC(O)COc1ccc(Br)cc1. The molecule has 0 bridgehead atoms. The lowest BCUT2D eigenvalue weighted by atomic mass is 10.3. The first-order valence-electron chi connectivity index (χ1n) is 6.03. The van der Waals surface area contributed by atoms with Crippen LogP contribution in [0, 0.1) is 0 Å². The molecular weight excluding hydrogens is 298 g/mol. The van der Waals surface area contributed by atoms with E-state index in [9.17, 15) is 5.11 Å². The van der Waals surface area contributed by atoms with Crippen LogP contribution in [0.1, 0.15) is 13.3 Å². The van der Waals surface area contributed by atoms with Gasteiger partial charge in [0.25, 0.3) is 0 Å². The predicted octanol–water partition coefficient (Wildman–Crippen LogP) is 1.55. The third kappa shape index (κ3) is 6.96. The first-order chi connectivity index (χ1) is 8.58. The van der Waals surface area contributed by atoms with Crippen molar-refractivity contribution in [3.63, 3.8) is 0 Å². The topological polar surface area (TPSA) is 61.7 Å². The molecule has 0 saturated carbocycles. The van der Waals surface area contributed by atoms with Gasteiger partial charge in [0.15, 0.2) is 0 Å². The molecule has 3 N–H and O–H groups in total. The molecule has 0 aliphatic heterocycles. The van der Waals surface area contributed by atoms with E-state index in [1.54, 1.807) is 6.92 Å². The monoisotopic (exact) mass is 317 g/mol. The molecule has 0 radical (unpaired) electrons. The molecule has 102 valence electrons. The smallest absolute Gasteiger partial charge is 0.119 e. The molecule has 0 saturated heterocycles. The van der Waals surface area contributed by atoms with Crippen molar-refractivity contribution >= 4 is 15.9 Å². The van der Waals surface area contributed by atoms with Crippen LogP contribution >= 0.6 is 15.9 Å². The van der Waals surface area contributed by atoms with Crippen LogP contribution in [0.15, 0.2) is 28.7 Å². The Bertz CT molecular complexity index is 330. The molecule has 4 nitrogen and oxygen atoms in total. The molecule has 0 aliphatic carbocycles. The summed E-state index contributed by atoms with van der Waals surface area (Å²) in [5.74, 6) is 0.737. The van der Waals surface area contributed by atoms with Crippen molar-refractivity contribution in [1.29, 1.82) is 0 Å². The Morgan fingerprint density at radius 3 is 2.56 bits per heavy atom. The first kappa shape index (κ1) is 15.4. The van der Waals surface area contributed by atoms with Crippen LogP contribution in [-0.2, 0) is 0 Å². The van der Waals surface area contributed by atoms with Crippen molar-refractivity contribution in [3.05, 3.63) is 28.7 Å². The van der Waals surface area contributed by atoms with E-state index in [1.165, 1.54) is 0 Å². The fourth-order valence-electron chi connectivity index (χ4n) is 1.36. The van der Waals surface area contributed by atoms with Crippen molar-refractivity contribution < 1.29 is 14.9 Å². The van der Waals surface area contributed by atoms with Crippen LogP contribution < -0.4 is 10.1 Å². The Balaban J connectivity index is 2.13. The number of hydrogen-bond acceptors (Lipinski definition) is 4. The van der Waals surface area contributed by atoms with Crippen LogP contribution in [0.4, 0.5) is 0 Å². The molecular formula is C13H20BrNO3. The summed E-state index contributed by atoms with van der Waals surface area (Å²) >= 11 is 3.34. The third-order valence-corrected chi connectivity index (χ3v) is 2.90. The van der Waals surface area contributed by atoms with Gasteiger partial charge in [-0.2, -0.15) is 0 Å². The third-order valence-electron chi connectivity index (χ3n) is 2.37. The molecule has 0 spiro atoms. The van der Waals surface area contributed by atoms with Gasteiger partial charge in [0.1, 0.15) is 18.5 Å². The fraction of sp³-hybridized carbons (Fsp3) is 0.538.